The number of aryl methyl sites for hydroxylation is 1. The molecule has 0 amide bonds. The van der Waals surface area contributed by atoms with Gasteiger partial charge in [-0.3, -0.25) is 0 Å². The molecular formula is C21H28BrFN2O3S. The van der Waals surface area contributed by atoms with Crippen molar-refractivity contribution in [2.45, 2.75) is 43.7 Å². The number of sulfonamides is 1. The molecule has 5 nitrogen and oxygen atoms in total. The van der Waals surface area contributed by atoms with Crippen LogP contribution in [0, 0.1) is 12.7 Å². The van der Waals surface area contributed by atoms with Gasteiger partial charge in [-0.2, -0.15) is 4.31 Å². The Kier molecular flexibility index (Phi) is 7.98. The van der Waals surface area contributed by atoms with E-state index < -0.39 is 21.7 Å². The highest BCUT2D eigenvalue weighted by Gasteiger charge is 2.25. The minimum absolute atomic E-state index is 0.0446. The van der Waals surface area contributed by atoms with Gasteiger partial charge in [-0.1, -0.05) is 34.1 Å². The van der Waals surface area contributed by atoms with Crippen LogP contribution >= 0.6 is 15.9 Å². The molecule has 2 N–H and O–H groups in total. The molecule has 0 spiro atoms. The zero-order valence-electron chi connectivity index (χ0n) is 17.1. The van der Waals surface area contributed by atoms with Crippen molar-refractivity contribution in [1.82, 2.24) is 9.62 Å². The second kappa shape index (κ2) is 9.66. The fraction of sp³-hybridized carbons (Fsp3) is 0.429. The number of nitrogens with one attached hydrogen (secondary N) is 1. The summed E-state index contributed by atoms with van der Waals surface area (Å²) >= 11 is 3.27. The maximum atomic E-state index is 13.8. The highest BCUT2D eigenvalue weighted by Crippen LogP contribution is 2.20. The SMILES string of the molecule is Cc1ccc(CC(C)(C)NCC(O)CN(C)S(=O)(=O)c2cccc(Br)c2)cc1F. The van der Waals surface area contributed by atoms with Crippen molar-refractivity contribution in [2.24, 2.45) is 0 Å². The summed E-state index contributed by atoms with van der Waals surface area (Å²) in [5, 5.41) is 13.6. The van der Waals surface area contributed by atoms with Gasteiger partial charge in [-0.25, -0.2) is 12.8 Å². The van der Waals surface area contributed by atoms with Crippen molar-refractivity contribution >= 4 is 26.0 Å². The molecule has 2 aromatic carbocycles. The molecule has 0 aliphatic carbocycles. The summed E-state index contributed by atoms with van der Waals surface area (Å²) in [5.41, 5.74) is 1.06. The van der Waals surface area contributed by atoms with Crippen molar-refractivity contribution < 1.29 is 17.9 Å². The lowest BCUT2D eigenvalue weighted by Crippen LogP contribution is -2.47. The molecule has 0 aliphatic heterocycles. The number of β-amino-alcohol motifs (C(OH)–C–C–N with tert-alkyl or cyclic N) is 1. The van der Waals surface area contributed by atoms with Gasteiger partial charge in [0.15, 0.2) is 0 Å². The normalized spacial score (nSPS) is 13.7. The smallest absolute Gasteiger partial charge is 0.242 e. The van der Waals surface area contributed by atoms with Crippen molar-refractivity contribution in [3.63, 3.8) is 0 Å². The zero-order chi connectivity index (χ0) is 21.8. The van der Waals surface area contributed by atoms with E-state index in [1.54, 1.807) is 25.1 Å². The van der Waals surface area contributed by atoms with Crippen LogP contribution < -0.4 is 5.32 Å². The van der Waals surface area contributed by atoms with E-state index in [1.165, 1.54) is 25.2 Å². The lowest BCUT2D eigenvalue weighted by Gasteiger charge is -2.29. The topological polar surface area (TPSA) is 69.6 Å². The van der Waals surface area contributed by atoms with Crippen LogP contribution in [0.15, 0.2) is 51.8 Å². The Hall–Kier alpha value is -1.32. The Balaban J connectivity index is 1.93. The van der Waals surface area contributed by atoms with E-state index in [4.69, 9.17) is 0 Å². The van der Waals surface area contributed by atoms with E-state index in [0.717, 1.165) is 9.87 Å². The first-order valence-corrected chi connectivity index (χ1v) is 11.5. The average molecular weight is 487 g/mol. The van der Waals surface area contributed by atoms with Crippen LogP contribution in [0.2, 0.25) is 0 Å². The molecule has 2 aromatic rings. The number of hydrogen-bond donors (Lipinski definition) is 2. The maximum Gasteiger partial charge on any atom is 0.242 e. The third kappa shape index (κ3) is 6.86. The number of halogens is 2. The molecule has 0 fully saturated rings. The summed E-state index contributed by atoms with van der Waals surface area (Å²) in [6.45, 7) is 5.80. The number of likely N-dealkylation sites (N-methyl/N-ethyl adjacent to an activating group) is 1. The van der Waals surface area contributed by atoms with Crippen molar-refractivity contribution in [3.05, 3.63) is 63.9 Å². The van der Waals surface area contributed by atoms with Crippen LogP contribution in [-0.2, 0) is 16.4 Å². The molecule has 0 saturated carbocycles. The quantitative estimate of drug-likeness (QED) is 0.569. The lowest BCUT2D eigenvalue weighted by atomic mass is 9.94. The van der Waals surface area contributed by atoms with Gasteiger partial charge in [0.2, 0.25) is 10.0 Å². The summed E-state index contributed by atoms with van der Waals surface area (Å²) < 4.78 is 40.9. The predicted octanol–water partition coefficient (Wildman–Crippen LogP) is 3.49. The standard InChI is InChI=1S/C21H28BrFN2O3S/c1-15-8-9-16(10-20(15)23)12-21(2,3)24-13-18(26)14-25(4)29(27,28)19-7-5-6-17(22)11-19/h5-11,18,24,26H,12-14H2,1-4H3. The second-order valence-corrected chi connectivity index (χ2v) is 10.9. The van der Waals surface area contributed by atoms with Crippen LogP contribution in [0.4, 0.5) is 4.39 Å². The maximum absolute atomic E-state index is 13.8. The van der Waals surface area contributed by atoms with E-state index >= 15 is 0 Å². The summed E-state index contributed by atoms with van der Waals surface area (Å²) in [4.78, 5) is 0.163. The van der Waals surface area contributed by atoms with Crippen LogP contribution in [0.3, 0.4) is 0 Å². The lowest BCUT2D eigenvalue weighted by molar-refractivity contribution is 0.139. The molecule has 0 bridgehead atoms. The summed E-state index contributed by atoms with van der Waals surface area (Å²) in [7, 11) is -2.25. The summed E-state index contributed by atoms with van der Waals surface area (Å²) in [6, 6.07) is 11.6. The number of hydrogen-bond acceptors (Lipinski definition) is 4. The molecule has 0 heterocycles. The first kappa shape index (κ1) is 24.0. The van der Waals surface area contributed by atoms with Gasteiger partial charge >= 0.3 is 0 Å². The van der Waals surface area contributed by atoms with E-state index in [2.05, 4.69) is 21.2 Å². The number of aliphatic hydroxyl groups is 1. The van der Waals surface area contributed by atoms with Gasteiger partial charge in [-0.05, 0) is 62.6 Å². The Morgan fingerprint density at radius 2 is 1.93 bits per heavy atom. The number of rotatable bonds is 9. The Labute approximate surface area is 181 Å². The van der Waals surface area contributed by atoms with E-state index in [0.29, 0.717) is 16.5 Å². The van der Waals surface area contributed by atoms with E-state index in [1.807, 2.05) is 19.9 Å². The van der Waals surface area contributed by atoms with Crippen LogP contribution in [-0.4, -0.2) is 49.6 Å². The Morgan fingerprint density at radius 3 is 2.55 bits per heavy atom. The Morgan fingerprint density at radius 1 is 1.24 bits per heavy atom. The van der Waals surface area contributed by atoms with Gasteiger partial charge in [0.25, 0.3) is 0 Å². The molecule has 0 saturated heterocycles. The number of aliphatic hydroxyl groups excluding tert-OH is 1. The van der Waals surface area contributed by atoms with Crippen molar-refractivity contribution in [2.75, 3.05) is 20.1 Å². The Bertz CT molecular complexity index is 951. The molecule has 160 valence electrons. The molecule has 29 heavy (non-hydrogen) atoms. The first-order valence-electron chi connectivity index (χ1n) is 9.31. The molecular weight excluding hydrogens is 459 g/mol. The van der Waals surface area contributed by atoms with Crippen LogP contribution in [0.25, 0.3) is 0 Å². The van der Waals surface area contributed by atoms with Crippen LogP contribution in [0.1, 0.15) is 25.0 Å². The van der Waals surface area contributed by atoms with Crippen LogP contribution in [0.5, 0.6) is 0 Å². The van der Waals surface area contributed by atoms with E-state index in [9.17, 15) is 17.9 Å². The predicted molar refractivity (Wildman–Crippen MR) is 117 cm³/mol. The fourth-order valence-electron chi connectivity index (χ4n) is 2.98. The monoisotopic (exact) mass is 486 g/mol. The van der Waals surface area contributed by atoms with Gasteiger partial charge in [-0.15, -0.1) is 0 Å². The molecule has 0 radical (unpaired) electrons. The molecule has 1 unspecified atom stereocenters. The average Bonchev–Trinajstić information content (AvgIpc) is 2.63. The first-order chi connectivity index (χ1) is 13.4. The third-order valence-electron chi connectivity index (χ3n) is 4.67. The van der Waals surface area contributed by atoms with Gasteiger partial charge in [0, 0.05) is 30.1 Å². The largest absolute Gasteiger partial charge is 0.390 e. The molecule has 0 aromatic heterocycles. The molecule has 1 atom stereocenters. The minimum Gasteiger partial charge on any atom is -0.390 e. The van der Waals surface area contributed by atoms with Gasteiger partial charge < -0.3 is 10.4 Å². The van der Waals surface area contributed by atoms with Gasteiger partial charge in [0.05, 0.1) is 11.0 Å². The zero-order valence-corrected chi connectivity index (χ0v) is 19.5. The number of benzene rings is 2. The third-order valence-corrected chi connectivity index (χ3v) is 6.98. The van der Waals surface area contributed by atoms with Crippen molar-refractivity contribution in [1.29, 1.82) is 0 Å². The minimum atomic E-state index is -3.69. The van der Waals surface area contributed by atoms with E-state index in [-0.39, 0.29) is 23.8 Å². The fourth-order valence-corrected chi connectivity index (χ4v) is 4.79. The molecule has 2 rings (SSSR count). The van der Waals surface area contributed by atoms with Gasteiger partial charge in [0.1, 0.15) is 5.82 Å². The summed E-state index contributed by atoms with van der Waals surface area (Å²) in [5.74, 6) is -0.238. The molecule has 0 aliphatic rings. The summed E-state index contributed by atoms with van der Waals surface area (Å²) in [6.07, 6.45) is -0.320. The molecule has 8 heteroatoms. The highest BCUT2D eigenvalue weighted by atomic mass is 79.9. The highest BCUT2D eigenvalue weighted by molar-refractivity contribution is 9.10. The second-order valence-electron chi connectivity index (χ2n) is 7.92. The van der Waals surface area contributed by atoms with Crippen molar-refractivity contribution in [3.8, 4) is 0 Å². The number of nitrogens with zero attached hydrogens (tertiary/aromatic N) is 1.